The summed E-state index contributed by atoms with van der Waals surface area (Å²) in [6.07, 6.45) is 12.7. The van der Waals surface area contributed by atoms with Crippen LogP contribution in [0.25, 0.3) is 0 Å². The van der Waals surface area contributed by atoms with Gasteiger partial charge in [0.25, 0.3) is 0 Å². The lowest BCUT2D eigenvalue weighted by Crippen LogP contribution is -2.29. The van der Waals surface area contributed by atoms with Gasteiger partial charge < -0.3 is 14.2 Å². The SMILES string of the molecule is CCCCCC1CCC(CO/C(=C/C=C(\C)C2=C(F)C(F)=C(OC)CC2)CC)OC1. The number of allylic oxidation sites excluding steroid dienone is 8. The predicted molar refractivity (Wildman–Crippen MR) is 117 cm³/mol. The molecule has 0 aromatic carbocycles. The number of unbranched alkanes of at least 4 members (excludes halogenated alkanes) is 2. The third-order valence-corrected chi connectivity index (χ3v) is 6.03. The fraction of sp³-hybridized carbons (Fsp3) is 0.680. The van der Waals surface area contributed by atoms with Crippen LogP contribution >= 0.6 is 0 Å². The lowest BCUT2D eigenvalue weighted by atomic mass is 9.93. The van der Waals surface area contributed by atoms with Crippen molar-refractivity contribution < 1.29 is 23.0 Å². The van der Waals surface area contributed by atoms with Crippen molar-refractivity contribution in [1.82, 2.24) is 0 Å². The highest BCUT2D eigenvalue weighted by atomic mass is 19.2. The average molecular weight is 425 g/mol. The minimum Gasteiger partial charge on any atom is -0.498 e. The third-order valence-electron chi connectivity index (χ3n) is 6.03. The maximum atomic E-state index is 14.3. The van der Waals surface area contributed by atoms with Crippen molar-refractivity contribution in [2.75, 3.05) is 20.3 Å². The van der Waals surface area contributed by atoms with E-state index in [1.54, 1.807) is 6.92 Å². The van der Waals surface area contributed by atoms with Gasteiger partial charge in [-0.15, -0.1) is 0 Å². The summed E-state index contributed by atoms with van der Waals surface area (Å²) in [6, 6.07) is 0. The molecule has 0 radical (unpaired) electrons. The Morgan fingerprint density at radius 1 is 1.10 bits per heavy atom. The Morgan fingerprint density at radius 3 is 2.53 bits per heavy atom. The largest absolute Gasteiger partial charge is 0.498 e. The second-order valence-corrected chi connectivity index (χ2v) is 8.28. The number of methoxy groups -OCH3 is 1. The van der Waals surface area contributed by atoms with Crippen molar-refractivity contribution in [3.63, 3.8) is 0 Å². The summed E-state index contributed by atoms with van der Waals surface area (Å²) >= 11 is 0. The Bertz CT molecular complexity index is 668. The Balaban J connectivity index is 1.86. The first-order valence-electron chi connectivity index (χ1n) is 11.4. The summed E-state index contributed by atoms with van der Waals surface area (Å²) < 4.78 is 45.2. The molecule has 2 atom stereocenters. The van der Waals surface area contributed by atoms with Crippen LogP contribution in [0.5, 0.6) is 0 Å². The van der Waals surface area contributed by atoms with Gasteiger partial charge in [0, 0.05) is 19.4 Å². The van der Waals surface area contributed by atoms with Crippen LogP contribution < -0.4 is 0 Å². The van der Waals surface area contributed by atoms with Crippen LogP contribution in [-0.4, -0.2) is 26.4 Å². The van der Waals surface area contributed by atoms with Crippen molar-refractivity contribution in [2.45, 2.75) is 84.7 Å². The topological polar surface area (TPSA) is 27.7 Å². The minimum atomic E-state index is -0.884. The first kappa shape index (κ1) is 24.6. The second-order valence-electron chi connectivity index (χ2n) is 8.28. The van der Waals surface area contributed by atoms with E-state index in [1.807, 2.05) is 19.1 Å². The van der Waals surface area contributed by atoms with E-state index in [4.69, 9.17) is 14.2 Å². The average Bonchev–Trinajstić information content (AvgIpc) is 2.76. The molecule has 0 N–H and O–H groups in total. The second kappa shape index (κ2) is 12.9. The van der Waals surface area contributed by atoms with Crippen molar-refractivity contribution in [3.8, 4) is 0 Å². The lowest BCUT2D eigenvalue weighted by molar-refractivity contribution is -0.0515. The van der Waals surface area contributed by atoms with E-state index < -0.39 is 11.7 Å². The number of halogens is 2. The van der Waals surface area contributed by atoms with Gasteiger partial charge in [0.15, 0.2) is 11.7 Å². The highest BCUT2D eigenvalue weighted by molar-refractivity contribution is 5.43. The van der Waals surface area contributed by atoms with E-state index in [1.165, 1.54) is 39.2 Å². The molecule has 170 valence electrons. The Kier molecular flexibility index (Phi) is 10.6. The van der Waals surface area contributed by atoms with Crippen LogP contribution in [-0.2, 0) is 14.2 Å². The molecule has 5 heteroatoms. The molecule has 1 fully saturated rings. The van der Waals surface area contributed by atoms with Gasteiger partial charge in [0.1, 0.15) is 12.4 Å². The van der Waals surface area contributed by atoms with E-state index in [9.17, 15) is 8.78 Å². The van der Waals surface area contributed by atoms with Crippen molar-refractivity contribution in [3.05, 3.63) is 46.5 Å². The summed E-state index contributed by atoms with van der Waals surface area (Å²) in [4.78, 5) is 0. The van der Waals surface area contributed by atoms with Crippen LogP contribution in [0.2, 0.25) is 0 Å². The lowest BCUT2D eigenvalue weighted by Gasteiger charge is -2.29. The molecule has 2 unspecified atom stereocenters. The quantitative estimate of drug-likeness (QED) is 0.196. The van der Waals surface area contributed by atoms with Gasteiger partial charge in [0.2, 0.25) is 0 Å². The molecule has 2 rings (SSSR count). The number of hydrogen-bond acceptors (Lipinski definition) is 3. The van der Waals surface area contributed by atoms with E-state index in [2.05, 4.69) is 6.92 Å². The van der Waals surface area contributed by atoms with Gasteiger partial charge in [-0.1, -0.05) is 39.2 Å². The standard InChI is InChI=1S/C25H38F2O3/c1-5-7-8-9-19-11-13-21(29-16-19)17-30-20(6-2)12-10-18(3)22-14-15-23(28-4)25(27)24(22)26/h10,12,19,21H,5-9,11,13-17H2,1-4H3/b18-10+,20-12+. The maximum absolute atomic E-state index is 14.3. The molecule has 1 aliphatic heterocycles. The van der Waals surface area contributed by atoms with E-state index >= 15 is 0 Å². The van der Waals surface area contributed by atoms with Crippen LogP contribution in [0, 0.1) is 5.92 Å². The first-order valence-corrected chi connectivity index (χ1v) is 11.4. The zero-order valence-electron chi connectivity index (χ0n) is 19.1. The van der Waals surface area contributed by atoms with Crippen LogP contribution in [0.3, 0.4) is 0 Å². The van der Waals surface area contributed by atoms with Gasteiger partial charge in [-0.2, -0.15) is 0 Å². The van der Waals surface area contributed by atoms with Crippen LogP contribution in [0.15, 0.2) is 46.5 Å². The predicted octanol–water partition coefficient (Wildman–Crippen LogP) is 7.46. The molecule has 1 heterocycles. The molecule has 1 saturated heterocycles. The summed E-state index contributed by atoms with van der Waals surface area (Å²) in [7, 11) is 1.37. The molecule has 0 bridgehead atoms. The molecule has 0 aromatic heterocycles. The zero-order chi connectivity index (χ0) is 21.9. The minimum absolute atomic E-state index is 0.0808. The van der Waals surface area contributed by atoms with E-state index in [-0.39, 0.29) is 11.9 Å². The summed E-state index contributed by atoms with van der Waals surface area (Å²) in [5.41, 5.74) is 1.10. The summed E-state index contributed by atoms with van der Waals surface area (Å²) in [5, 5.41) is 0. The first-order chi connectivity index (χ1) is 14.5. The molecule has 2 aliphatic rings. The van der Waals surface area contributed by atoms with Gasteiger partial charge in [0.05, 0.1) is 19.0 Å². The summed E-state index contributed by atoms with van der Waals surface area (Å²) in [6.45, 7) is 7.42. The summed E-state index contributed by atoms with van der Waals surface area (Å²) in [5.74, 6) is -0.106. The fourth-order valence-corrected chi connectivity index (χ4v) is 3.96. The Labute approximate surface area is 180 Å². The molecule has 0 aromatic rings. The van der Waals surface area contributed by atoms with Gasteiger partial charge in [-0.25, -0.2) is 8.78 Å². The molecule has 30 heavy (non-hydrogen) atoms. The third kappa shape index (κ3) is 7.26. The number of ether oxygens (including phenoxy) is 3. The van der Waals surface area contributed by atoms with Gasteiger partial charge in [-0.05, 0) is 55.7 Å². The van der Waals surface area contributed by atoms with Gasteiger partial charge >= 0.3 is 0 Å². The molecule has 1 aliphatic carbocycles. The maximum Gasteiger partial charge on any atom is 0.196 e. The number of hydrogen-bond donors (Lipinski definition) is 0. The Morgan fingerprint density at radius 2 is 1.90 bits per heavy atom. The van der Waals surface area contributed by atoms with Crippen molar-refractivity contribution in [2.24, 2.45) is 5.92 Å². The monoisotopic (exact) mass is 424 g/mol. The highest BCUT2D eigenvalue weighted by Crippen LogP contribution is 2.35. The smallest absolute Gasteiger partial charge is 0.196 e. The molecule has 3 nitrogen and oxygen atoms in total. The molecular weight excluding hydrogens is 386 g/mol. The molecular formula is C25H38F2O3. The van der Waals surface area contributed by atoms with Gasteiger partial charge in [-0.3, -0.25) is 0 Å². The highest BCUT2D eigenvalue weighted by Gasteiger charge is 2.24. The van der Waals surface area contributed by atoms with Crippen LogP contribution in [0.4, 0.5) is 8.78 Å². The van der Waals surface area contributed by atoms with E-state index in [0.717, 1.165) is 25.2 Å². The number of rotatable bonds is 11. The molecule has 0 spiro atoms. The normalized spacial score (nSPS) is 23.8. The van der Waals surface area contributed by atoms with E-state index in [0.29, 0.717) is 36.5 Å². The fourth-order valence-electron chi connectivity index (χ4n) is 3.96. The van der Waals surface area contributed by atoms with Crippen molar-refractivity contribution >= 4 is 0 Å². The molecule has 0 saturated carbocycles. The van der Waals surface area contributed by atoms with Crippen molar-refractivity contribution in [1.29, 1.82) is 0 Å². The Hall–Kier alpha value is -1.62. The molecule has 0 amide bonds. The van der Waals surface area contributed by atoms with Crippen LogP contribution in [0.1, 0.15) is 78.6 Å². The zero-order valence-corrected chi connectivity index (χ0v) is 19.1.